The molecule has 0 atom stereocenters. The van der Waals surface area contributed by atoms with Crippen molar-refractivity contribution >= 4 is 16.7 Å². The van der Waals surface area contributed by atoms with Crippen molar-refractivity contribution < 1.29 is 9.15 Å². The molecule has 1 fully saturated rings. The lowest BCUT2D eigenvalue weighted by Gasteiger charge is -2.37. The molecule has 0 unspecified atom stereocenters. The molecule has 3 aromatic carbocycles. The third-order valence-electron chi connectivity index (χ3n) is 7.30. The maximum absolute atomic E-state index is 13.2. The molecule has 0 spiro atoms. The fourth-order valence-corrected chi connectivity index (χ4v) is 5.14. The lowest BCUT2D eigenvalue weighted by atomic mass is 10.0. The Kier molecular flexibility index (Phi) is 7.58. The number of hydrogen-bond acceptors (Lipinski definition) is 6. The van der Waals surface area contributed by atoms with Crippen LogP contribution in [0.25, 0.3) is 22.3 Å². The summed E-state index contributed by atoms with van der Waals surface area (Å²) in [5.74, 6) is 1.59. The Morgan fingerprint density at radius 3 is 2.41 bits per heavy atom. The van der Waals surface area contributed by atoms with Crippen molar-refractivity contribution in [1.29, 1.82) is 0 Å². The fraction of sp³-hybridized carbons (Fsp3) is 0.323. The summed E-state index contributed by atoms with van der Waals surface area (Å²) in [5.41, 5.74) is 4.51. The fourth-order valence-electron chi connectivity index (χ4n) is 5.14. The minimum atomic E-state index is 0.0394. The van der Waals surface area contributed by atoms with Crippen molar-refractivity contribution in [2.45, 2.75) is 13.5 Å². The van der Waals surface area contributed by atoms with Gasteiger partial charge in [0.15, 0.2) is 5.43 Å². The normalized spacial score (nSPS) is 14.4. The third kappa shape index (κ3) is 5.41. The SMILES string of the molecule is COc1ccccc1N1CCN(CCN(C)Cc2cccc3c(=O)c(C)c(-c4ccccc4)oc23)CC1. The van der Waals surface area contributed by atoms with Crippen LogP contribution in [0.2, 0.25) is 0 Å². The van der Waals surface area contributed by atoms with Crippen molar-refractivity contribution in [3.05, 3.63) is 94.1 Å². The zero-order chi connectivity index (χ0) is 25.8. The van der Waals surface area contributed by atoms with Crippen LogP contribution in [0.15, 0.2) is 82.0 Å². The number of hydrogen-bond donors (Lipinski definition) is 0. The molecule has 0 radical (unpaired) electrons. The van der Waals surface area contributed by atoms with E-state index in [1.54, 1.807) is 7.11 Å². The number of methoxy groups -OCH3 is 1. The summed E-state index contributed by atoms with van der Waals surface area (Å²) < 4.78 is 12.0. The molecule has 1 aliphatic rings. The molecular weight excluding hydrogens is 462 g/mol. The van der Waals surface area contributed by atoms with Crippen LogP contribution < -0.4 is 15.1 Å². The van der Waals surface area contributed by atoms with Gasteiger partial charge in [0, 0.05) is 62.5 Å². The van der Waals surface area contributed by atoms with Crippen LogP contribution in [0.1, 0.15) is 11.1 Å². The molecule has 0 bridgehead atoms. The van der Waals surface area contributed by atoms with E-state index < -0.39 is 0 Å². The molecule has 5 rings (SSSR count). The topological polar surface area (TPSA) is 49.2 Å². The lowest BCUT2D eigenvalue weighted by molar-refractivity contribution is 0.212. The van der Waals surface area contributed by atoms with E-state index >= 15 is 0 Å². The predicted molar refractivity (Wildman–Crippen MR) is 151 cm³/mol. The second-order valence-corrected chi connectivity index (χ2v) is 9.78. The van der Waals surface area contributed by atoms with Gasteiger partial charge in [0.05, 0.1) is 18.2 Å². The molecule has 6 nitrogen and oxygen atoms in total. The first-order valence-electron chi connectivity index (χ1n) is 12.9. The molecular formula is C31H35N3O3. The van der Waals surface area contributed by atoms with Crippen LogP contribution in [-0.4, -0.2) is 63.2 Å². The quantitative estimate of drug-likeness (QED) is 0.340. The maximum Gasteiger partial charge on any atom is 0.196 e. The highest BCUT2D eigenvalue weighted by molar-refractivity contribution is 5.83. The first kappa shape index (κ1) is 25.1. The first-order chi connectivity index (χ1) is 18.0. The van der Waals surface area contributed by atoms with Crippen molar-refractivity contribution in [3.63, 3.8) is 0 Å². The van der Waals surface area contributed by atoms with E-state index in [9.17, 15) is 4.79 Å². The van der Waals surface area contributed by atoms with Gasteiger partial charge >= 0.3 is 0 Å². The van der Waals surface area contributed by atoms with E-state index in [1.807, 2.05) is 61.5 Å². The molecule has 37 heavy (non-hydrogen) atoms. The Bertz CT molecular complexity index is 1410. The second kappa shape index (κ2) is 11.2. The summed E-state index contributed by atoms with van der Waals surface area (Å²) in [6, 6.07) is 24.0. The van der Waals surface area contributed by atoms with Crippen LogP contribution in [0.4, 0.5) is 5.69 Å². The van der Waals surface area contributed by atoms with E-state index in [0.717, 1.165) is 62.7 Å². The number of para-hydroxylation sites is 3. The van der Waals surface area contributed by atoms with Crippen LogP contribution in [0.3, 0.4) is 0 Å². The van der Waals surface area contributed by atoms with E-state index in [4.69, 9.17) is 9.15 Å². The molecule has 0 aliphatic carbocycles. The molecule has 0 N–H and O–H groups in total. The number of fused-ring (bicyclic) bond motifs is 1. The molecule has 192 valence electrons. The van der Waals surface area contributed by atoms with Gasteiger partial charge in [-0.15, -0.1) is 0 Å². The summed E-state index contributed by atoms with van der Waals surface area (Å²) >= 11 is 0. The van der Waals surface area contributed by atoms with E-state index in [1.165, 1.54) is 5.69 Å². The van der Waals surface area contributed by atoms with Crippen molar-refractivity contribution in [2.75, 3.05) is 58.3 Å². The summed E-state index contributed by atoms with van der Waals surface area (Å²) in [5, 5.41) is 0.649. The van der Waals surface area contributed by atoms with Crippen molar-refractivity contribution in [1.82, 2.24) is 9.80 Å². The van der Waals surface area contributed by atoms with Gasteiger partial charge < -0.3 is 19.0 Å². The Morgan fingerprint density at radius 2 is 1.65 bits per heavy atom. The Morgan fingerprint density at radius 1 is 0.919 bits per heavy atom. The van der Waals surface area contributed by atoms with Gasteiger partial charge in [0.2, 0.25) is 0 Å². The summed E-state index contributed by atoms with van der Waals surface area (Å²) in [7, 11) is 3.87. The van der Waals surface area contributed by atoms with Crippen LogP contribution in [0.5, 0.6) is 5.75 Å². The summed E-state index contributed by atoms with van der Waals surface area (Å²) in [4.78, 5) is 20.4. The van der Waals surface area contributed by atoms with Gasteiger partial charge in [-0.2, -0.15) is 0 Å². The molecule has 4 aromatic rings. The highest BCUT2D eigenvalue weighted by Gasteiger charge is 2.20. The maximum atomic E-state index is 13.2. The molecule has 0 saturated carbocycles. The number of nitrogens with zero attached hydrogens (tertiary/aromatic N) is 3. The number of piperazine rings is 1. The second-order valence-electron chi connectivity index (χ2n) is 9.78. The average molecular weight is 498 g/mol. The van der Waals surface area contributed by atoms with Gasteiger partial charge in [-0.05, 0) is 32.2 Å². The highest BCUT2D eigenvalue weighted by atomic mass is 16.5. The molecule has 1 saturated heterocycles. The largest absolute Gasteiger partial charge is 0.495 e. The standard InChI is InChI=1S/C31H35N3O3/c1-23-29(35)26-13-9-12-25(31(26)37-30(23)24-10-5-4-6-11-24)22-32(2)16-17-33-18-20-34(21-19-33)27-14-7-8-15-28(27)36-3/h4-15H,16-22H2,1-3H3. The zero-order valence-corrected chi connectivity index (χ0v) is 21.9. The number of likely N-dealkylation sites (N-methyl/N-ethyl adjacent to an activating group) is 1. The number of anilines is 1. The van der Waals surface area contributed by atoms with Crippen LogP contribution >= 0.6 is 0 Å². The number of ether oxygens (including phenoxy) is 1. The lowest BCUT2D eigenvalue weighted by Crippen LogP contribution is -2.48. The van der Waals surface area contributed by atoms with E-state index in [-0.39, 0.29) is 5.43 Å². The van der Waals surface area contributed by atoms with Crippen LogP contribution in [0, 0.1) is 6.92 Å². The summed E-state index contributed by atoms with van der Waals surface area (Å²) in [6.45, 7) is 8.52. The van der Waals surface area contributed by atoms with Gasteiger partial charge in [0.25, 0.3) is 0 Å². The monoisotopic (exact) mass is 497 g/mol. The van der Waals surface area contributed by atoms with Gasteiger partial charge in [-0.3, -0.25) is 9.69 Å². The predicted octanol–water partition coefficient (Wildman–Crippen LogP) is 5.03. The van der Waals surface area contributed by atoms with E-state index in [2.05, 4.69) is 39.9 Å². The first-order valence-corrected chi connectivity index (χ1v) is 12.9. The molecule has 6 heteroatoms. The molecule has 0 amide bonds. The average Bonchev–Trinajstić information content (AvgIpc) is 2.95. The minimum absolute atomic E-state index is 0.0394. The van der Waals surface area contributed by atoms with Gasteiger partial charge in [-0.1, -0.05) is 54.6 Å². The number of rotatable bonds is 8. The molecule has 1 aliphatic heterocycles. The Hall–Kier alpha value is -3.61. The van der Waals surface area contributed by atoms with Gasteiger partial charge in [0.1, 0.15) is 17.1 Å². The molecule has 1 aromatic heterocycles. The van der Waals surface area contributed by atoms with Crippen LogP contribution in [-0.2, 0) is 6.54 Å². The number of benzene rings is 3. The zero-order valence-electron chi connectivity index (χ0n) is 21.9. The van der Waals surface area contributed by atoms with Gasteiger partial charge in [-0.25, -0.2) is 0 Å². The highest BCUT2D eigenvalue weighted by Crippen LogP contribution is 2.29. The Labute approximate surface area is 218 Å². The Balaban J connectivity index is 1.24. The minimum Gasteiger partial charge on any atom is -0.495 e. The third-order valence-corrected chi connectivity index (χ3v) is 7.30. The van der Waals surface area contributed by atoms with Crippen molar-refractivity contribution in [2.24, 2.45) is 0 Å². The summed E-state index contributed by atoms with van der Waals surface area (Å²) in [6.07, 6.45) is 0. The van der Waals surface area contributed by atoms with E-state index in [0.29, 0.717) is 22.3 Å². The smallest absolute Gasteiger partial charge is 0.196 e. The molecule has 2 heterocycles. The van der Waals surface area contributed by atoms with Crippen molar-refractivity contribution in [3.8, 4) is 17.1 Å².